The van der Waals surface area contributed by atoms with Crippen LogP contribution >= 0.6 is 23.2 Å². The predicted molar refractivity (Wildman–Crippen MR) is 81.1 cm³/mol. The van der Waals surface area contributed by atoms with Crippen LogP contribution in [0.4, 0.5) is 5.69 Å². The minimum Gasteiger partial charge on any atom is -0.323 e. The second-order valence-corrected chi connectivity index (χ2v) is 5.44. The number of nitrogens with one attached hydrogen (secondary N) is 2. The molecular weight excluding hydrogens is 285 g/mol. The normalized spacial score (nSPS) is 12.5. The highest BCUT2D eigenvalue weighted by atomic mass is 35.5. The third-order valence-corrected chi connectivity index (χ3v) is 3.15. The van der Waals surface area contributed by atoms with Crippen molar-refractivity contribution in [2.45, 2.75) is 13.0 Å². The Hall–Kier alpha value is -0.810. The number of nitrogens with zero attached hydrogens (tertiary/aromatic N) is 1. The molecule has 6 heteroatoms. The molecule has 0 radical (unpaired) electrons. The van der Waals surface area contributed by atoms with E-state index in [0.29, 0.717) is 15.7 Å². The fourth-order valence-corrected chi connectivity index (χ4v) is 1.77. The van der Waals surface area contributed by atoms with Crippen LogP contribution in [0.15, 0.2) is 18.2 Å². The van der Waals surface area contributed by atoms with Crippen LogP contribution in [0.2, 0.25) is 10.0 Å². The Morgan fingerprint density at radius 3 is 2.68 bits per heavy atom. The van der Waals surface area contributed by atoms with Crippen LogP contribution in [0.25, 0.3) is 0 Å². The lowest BCUT2D eigenvalue weighted by molar-refractivity contribution is -0.117. The van der Waals surface area contributed by atoms with Gasteiger partial charge in [-0.2, -0.15) is 0 Å². The van der Waals surface area contributed by atoms with E-state index in [1.165, 1.54) is 0 Å². The molecule has 4 nitrogen and oxygen atoms in total. The Balaban J connectivity index is 2.51. The summed E-state index contributed by atoms with van der Waals surface area (Å²) in [5, 5.41) is 6.90. The first-order valence-electron chi connectivity index (χ1n) is 6.04. The molecular formula is C13H19Cl2N3O. The largest absolute Gasteiger partial charge is 0.323 e. The summed E-state index contributed by atoms with van der Waals surface area (Å²) >= 11 is 11.9. The fourth-order valence-electron chi connectivity index (χ4n) is 1.43. The van der Waals surface area contributed by atoms with Gasteiger partial charge in [-0.25, -0.2) is 0 Å². The lowest BCUT2D eigenvalue weighted by atomic mass is 10.2. The minimum atomic E-state index is -0.296. The van der Waals surface area contributed by atoms with Crippen molar-refractivity contribution < 1.29 is 4.79 Å². The van der Waals surface area contributed by atoms with E-state index in [2.05, 4.69) is 10.6 Å². The first-order valence-corrected chi connectivity index (χ1v) is 6.79. The monoisotopic (exact) mass is 303 g/mol. The number of amides is 1. The van der Waals surface area contributed by atoms with Gasteiger partial charge in [-0.05, 0) is 39.2 Å². The van der Waals surface area contributed by atoms with E-state index >= 15 is 0 Å². The molecule has 0 aliphatic heterocycles. The summed E-state index contributed by atoms with van der Waals surface area (Å²) in [5.41, 5.74) is 0.528. The molecule has 0 bridgehead atoms. The smallest absolute Gasteiger partial charge is 0.241 e. The summed E-state index contributed by atoms with van der Waals surface area (Å²) < 4.78 is 0. The lowest BCUT2D eigenvalue weighted by Gasteiger charge is -2.16. The van der Waals surface area contributed by atoms with Crippen LogP contribution in [0.3, 0.4) is 0 Å². The SMILES string of the molecule is C[C@H](NCCN(C)C)C(=O)Nc1cc(Cl)ccc1Cl. The van der Waals surface area contributed by atoms with Crippen LogP contribution in [0.5, 0.6) is 0 Å². The van der Waals surface area contributed by atoms with Gasteiger partial charge in [0.2, 0.25) is 5.91 Å². The van der Waals surface area contributed by atoms with E-state index < -0.39 is 0 Å². The van der Waals surface area contributed by atoms with Gasteiger partial charge in [-0.15, -0.1) is 0 Å². The van der Waals surface area contributed by atoms with Crippen molar-refractivity contribution in [3.63, 3.8) is 0 Å². The maximum Gasteiger partial charge on any atom is 0.241 e. The predicted octanol–water partition coefficient (Wildman–Crippen LogP) is 2.47. The maximum atomic E-state index is 12.0. The summed E-state index contributed by atoms with van der Waals surface area (Å²) in [6.07, 6.45) is 0. The van der Waals surface area contributed by atoms with E-state index in [0.717, 1.165) is 13.1 Å². The van der Waals surface area contributed by atoms with Crippen LogP contribution < -0.4 is 10.6 Å². The summed E-state index contributed by atoms with van der Waals surface area (Å²) in [6.45, 7) is 3.42. The van der Waals surface area contributed by atoms with Gasteiger partial charge in [0.1, 0.15) is 0 Å². The summed E-state index contributed by atoms with van der Waals surface area (Å²) in [5.74, 6) is -0.136. The second-order valence-electron chi connectivity index (χ2n) is 4.59. The van der Waals surface area contributed by atoms with Crippen LogP contribution in [0, 0.1) is 0 Å². The molecule has 19 heavy (non-hydrogen) atoms. The second kappa shape index (κ2) is 7.70. The molecule has 1 rings (SSSR count). The van der Waals surface area contributed by atoms with Crippen molar-refractivity contribution in [1.29, 1.82) is 0 Å². The third-order valence-electron chi connectivity index (χ3n) is 2.59. The minimum absolute atomic E-state index is 0.136. The van der Waals surface area contributed by atoms with Crippen molar-refractivity contribution in [3.8, 4) is 0 Å². The topological polar surface area (TPSA) is 44.4 Å². The molecule has 0 aromatic heterocycles. The fraction of sp³-hybridized carbons (Fsp3) is 0.462. The number of anilines is 1. The number of benzene rings is 1. The number of carbonyl (C=O) groups is 1. The average molecular weight is 304 g/mol. The van der Waals surface area contributed by atoms with Gasteiger partial charge in [0.15, 0.2) is 0 Å². The summed E-state index contributed by atoms with van der Waals surface area (Å²) in [7, 11) is 3.97. The zero-order chi connectivity index (χ0) is 14.4. The molecule has 0 spiro atoms. The molecule has 0 fully saturated rings. The quantitative estimate of drug-likeness (QED) is 0.848. The van der Waals surface area contributed by atoms with Gasteiger partial charge in [0.05, 0.1) is 16.8 Å². The van der Waals surface area contributed by atoms with Gasteiger partial charge in [0, 0.05) is 18.1 Å². The Morgan fingerprint density at radius 1 is 1.37 bits per heavy atom. The first kappa shape index (κ1) is 16.2. The Kier molecular flexibility index (Phi) is 6.58. The summed E-state index contributed by atoms with van der Waals surface area (Å²) in [6, 6.07) is 4.67. The zero-order valence-electron chi connectivity index (χ0n) is 11.3. The van der Waals surface area contributed by atoms with Gasteiger partial charge in [-0.3, -0.25) is 4.79 Å². The van der Waals surface area contributed by atoms with Crippen LogP contribution in [0.1, 0.15) is 6.92 Å². The molecule has 1 aromatic rings. The van der Waals surface area contributed by atoms with Gasteiger partial charge >= 0.3 is 0 Å². The van der Waals surface area contributed by atoms with Crippen molar-refractivity contribution in [2.75, 3.05) is 32.5 Å². The third kappa shape index (κ3) is 5.78. The molecule has 2 N–H and O–H groups in total. The number of rotatable bonds is 6. The number of carbonyl (C=O) groups excluding carboxylic acids is 1. The molecule has 0 unspecified atom stereocenters. The van der Waals surface area contributed by atoms with Crippen LogP contribution in [-0.4, -0.2) is 44.0 Å². The lowest BCUT2D eigenvalue weighted by Crippen LogP contribution is -2.41. The number of hydrogen-bond acceptors (Lipinski definition) is 3. The van der Waals surface area contributed by atoms with Crippen molar-refractivity contribution in [1.82, 2.24) is 10.2 Å². The molecule has 1 amide bonds. The van der Waals surface area contributed by atoms with Gasteiger partial charge < -0.3 is 15.5 Å². The standard InChI is InChI=1S/C13H19Cl2N3O/c1-9(16-6-7-18(2)3)13(19)17-12-8-10(14)4-5-11(12)15/h4-5,8-9,16H,6-7H2,1-3H3,(H,17,19)/t9-/m0/s1. The van der Waals surface area contributed by atoms with Crippen molar-refractivity contribution in [3.05, 3.63) is 28.2 Å². The Labute approximate surface area is 124 Å². The Morgan fingerprint density at radius 2 is 2.05 bits per heavy atom. The summed E-state index contributed by atoms with van der Waals surface area (Å²) in [4.78, 5) is 14.0. The zero-order valence-corrected chi connectivity index (χ0v) is 12.8. The van der Waals surface area contributed by atoms with E-state index in [1.807, 2.05) is 25.9 Å². The van der Waals surface area contributed by atoms with E-state index in [1.54, 1.807) is 18.2 Å². The molecule has 0 heterocycles. The molecule has 0 saturated carbocycles. The molecule has 106 valence electrons. The molecule has 0 aliphatic carbocycles. The highest BCUT2D eigenvalue weighted by Gasteiger charge is 2.13. The number of halogens is 2. The Bertz CT molecular complexity index is 438. The average Bonchev–Trinajstić information content (AvgIpc) is 2.33. The molecule has 1 aromatic carbocycles. The van der Waals surface area contributed by atoms with E-state index in [4.69, 9.17) is 23.2 Å². The maximum absolute atomic E-state index is 12.0. The first-order chi connectivity index (χ1) is 8.90. The van der Waals surface area contributed by atoms with Gasteiger partial charge in [0.25, 0.3) is 0 Å². The highest BCUT2D eigenvalue weighted by Crippen LogP contribution is 2.25. The van der Waals surface area contributed by atoms with E-state index in [-0.39, 0.29) is 11.9 Å². The molecule has 1 atom stereocenters. The van der Waals surface area contributed by atoms with Crippen molar-refractivity contribution in [2.24, 2.45) is 0 Å². The number of hydrogen-bond donors (Lipinski definition) is 2. The number of likely N-dealkylation sites (N-methyl/N-ethyl adjacent to an activating group) is 1. The molecule has 0 aliphatic rings. The van der Waals surface area contributed by atoms with Crippen LogP contribution in [-0.2, 0) is 4.79 Å². The van der Waals surface area contributed by atoms with E-state index in [9.17, 15) is 4.79 Å². The van der Waals surface area contributed by atoms with Crippen molar-refractivity contribution >= 4 is 34.8 Å². The molecule has 0 saturated heterocycles. The highest BCUT2D eigenvalue weighted by molar-refractivity contribution is 6.35. The van der Waals surface area contributed by atoms with Gasteiger partial charge in [-0.1, -0.05) is 23.2 Å².